The van der Waals surface area contributed by atoms with Gasteiger partial charge in [0.15, 0.2) is 6.10 Å². The molecular formula is C23H22N2O4. The molecule has 1 fully saturated rings. The number of nitrogens with one attached hydrogen (secondary N) is 1. The smallest absolute Gasteiger partial charge is 0.338 e. The van der Waals surface area contributed by atoms with E-state index in [9.17, 15) is 14.4 Å². The topological polar surface area (TPSA) is 79.5 Å². The molecule has 1 N–H and O–H groups in total. The van der Waals surface area contributed by atoms with Crippen LogP contribution < -0.4 is 4.90 Å². The summed E-state index contributed by atoms with van der Waals surface area (Å²) < 4.78 is 5.46. The third-order valence-corrected chi connectivity index (χ3v) is 5.26. The third kappa shape index (κ3) is 3.53. The molecule has 29 heavy (non-hydrogen) atoms. The van der Waals surface area contributed by atoms with Gasteiger partial charge >= 0.3 is 5.97 Å². The summed E-state index contributed by atoms with van der Waals surface area (Å²) >= 11 is 0. The largest absolute Gasteiger partial charge is 0.451 e. The van der Waals surface area contributed by atoms with Gasteiger partial charge < -0.3 is 14.6 Å². The van der Waals surface area contributed by atoms with E-state index in [0.29, 0.717) is 29.8 Å². The van der Waals surface area contributed by atoms with Crippen LogP contribution >= 0.6 is 0 Å². The quantitative estimate of drug-likeness (QED) is 0.527. The van der Waals surface area contributed by atoms with E-state index in [1.165, 1.54) is 0 Å². The zero-order valence-corrected chi connectivity index (χ0v) is 16.4. The van der Waals surface area contributed by atoms with Gasteiger partial charge in [0, 0.05) is 40.8 Å². The highest BCUT2D eigenvalue weighted by molar-refractivity contribution is 6.11. The van der Waals surface area contributed by atoms with Crippen molar-refractivity contribution < 1.29 is 19.1 Å². The lowest BCUT2D eigenvalue weighted by atomic mass is 10.0. The van der Waals surface area contributed by atoms with Crippen LogP contribution in [-0.2, 0) is 9.53 Å². The van der Waals surface area contributed by atoms with Crippen molar-refractivity contribution in [3.05, 3.63) is 65.4 Å². The van der Waals surface area contributed by atoms with Crippen LogP contribution in [-0.4, -0.2) is 35.3 Å². The summed E-state index contributed by atoms with van der Waals surface area (Å²) in [6, 6.07) is 14.3. The molecule has 0 bridgehead atoms. The molecule has 2 heterocycles. The normalized spacial score (nSPS) is 15.0. The molecular weight excluding hydrogens is 368 g/mol. The number of aromatic nitrogens is 1. The standard InChI is InChI=1S/C23H22N2O4/c1-14-21(18-9-3-4-10-19(18)24-14)22(27)15(2)29-23(28)16-7-5-8-17(13-16)25-12-6-11-20(25)26/h3-5,7-10,13,15,24H,6,11-12H2,1-2H3. The Kier molecular flexibility index (Phi) is 4.92. The summed E-state index contributed by atoms with van der Waals surface area (Å²) in [4.78, 5) is 42.4. The number of aromatic amines is 1. The maximum Gasteiger partial charge on any atom is 0.338 e. The number of Topliss-reactive ketones (excluding diaryl/α,β-unsaturated/α-hetero) is 1. The molecule has 2 aromatic carbocycles. The van der Waals surface area contributed by atoms with Gasteiger partial charge in [-0.05, 0) is 44.5 Å². The number of benzene rings is 2. The van der Waals surface area contributed by atoms with Crippen molar-refractivity contribution in [1.82, 2.24) is 4.98 Å². The highest BCUT2D eigenvalue weighted by Gasteiger charge is 2.26. The van der Waals surface area contributed by atoms with Crippen molar-refractivity contribution in [2.24, 2.45) is 0 Å². The van der Waals surface area contributed by atoms with Gasteiger partial charge in [-0.1, -0.05) is 24.3 Å². The first kappa shape index (κ1) is 18.9. The summed E-state index contributed by atoms with van der Waals surface area (Å²) in [6.45, 7) is 4.06. The highest BCUT2D eigenvalue weighted by atomic mass is 16.5. The number of amides is 1. The molecule has 1 aromatic heterocycles. The van der Waals surface area contributed by atoms with Gasteiger partial charge in [-0.15, -0.1) is 0 Å². The molecule has 4 rings (SSSR count). The van der Waals surface area contributed by atoms with Crippen molar-refractivity contribution in [3.63, 3.8) is 0 Å². The fourth-order valence-corrected chi connectivity index (χ4v) is 3.80. The summed E-state index contributed by atoms with van der Waals surface area (Å²) in [5, 5.41) is 0.812. The predicted molar refractivity (Wildman–Crippen MR) is 110 cm³/mol. The van der Waals surface area contributed by atoms with Crippen molar-refractivity contribution in [1.29, 1.82) is 0 Å². The molecule has 1 unspecified atom stereocenters. The lowest BCUT2D eigenvalue weighted by Gasteiger charge is -2.17. The molecule has 6 heteroatoms. The van der Waals surface area contributed by atoms with Crippen LogP contribution in [0.15, 0.2) is 48.5 Å². The van der Waals surface area contributed by atoms with E-state index in [1.807, 2.05) is 31.2 Å². The van der Waals surface area contributed by atoms with Crippen LogP contribution in [0.2, 0.25) is 0 Å². The minimum atomic E-state index is -0.933. The molecule has 1 amide bonds. The number of hydrogen-bond donors (Lipinski definition) is 1. The van der Waals surface area contributed by atoms with Crippen molar-refractivity contribution in [2.45, 2.75) is 32.8 Å². The van der Waals surface area contributed by atoms with E-state index in [2.05, 4.69) is 4.98 Å². The highest BCUT2D eigenvalue weighted by Crippen LogP contribution is 2.25. The van der Waals surface area contributed by atoms with E-state index in [1.54, 1.807) is 36.1 Å². The first-order valence-electron chi connectivity index (χ1n) is 9.68. The Hall–Kier alpha value is -3.41. The zero-order valence-electron chi connectivity index (χ0n) is 16.4. The van der Waals surface area contributed by atoms with Gasteiger partial charge in [-0.3, -0.25) is 9.59 Å². The fraction of sp³-hybridized carbons (Fsp3) is 0.261. The van der Waals surface area contributed by atoms with Gasteiger partial charge in [0.05, 0.1) is 5.56 Å². The van der Waals surface area contributed by atoms with Crippen LogP contribution in [0.4, 0.5) is 5.69 Å². The number of ketones is 1. The minimum Gasteiger partial charge on any atom is -0.451 e. The second-order valence-electron chi connectivity index (χ2n) is 7.28. The molecule has 148 valence electrons. The number of esters is 1. The van der Waals surface area contributed by atoms with Crippen LogP contribution in [0.5, 0.6) is 0 Å². The van der Waals surface area contributed by atoms with E-state index >= 15 is 0 Å². The average Bonchev–Trinajstić information content (AvgIpc) is 3.29. The molecule has 0 saturated carbocycles. The van der Waals surface area contributed by atoms with Gasteiger partial charge in [0.2, 0.25) is 11.7 Å². The number of hydrogen-bond acceptors (Lipinski definition) is 4. The fourth-order valence-electron chi connectivity index (χ4n) is 3.80. The second-order valence-corrected chi connectivity index (χ2v) is 7.28. The zero-order chi connectivity index (χ0) is 20.5. The van der Waals surface area contributed by atoms with Crippen LogP contribution in [0.25, 0.3) is 10.9 Å². The van der Waals surface area contributed by atoms with Gasteiger partial charge in [-0.25, -0.2) is 4.79 Å². The van der Waals surface area contributed by atoms with Crippen molar-refractivity contribution >= 4 is 34.3 Å². The minimum absolute atomic E-state index is 0.0499. The molecule has 1 aliphatic rings. The van der Waals surface area contributed by atoms with Gasteiger partial charge in [-0.2, -0.15) is 0 Å². The van der Waals surface area contributed by atoms with E-state index < -0.39 is 12.1 Å². The Morgan fingerprint density at radius 1 is 1.14 bits per heavy atom. The number of para-hydroxylation sites is 1. The Morgan fingerprint density at radius 2 is 1.93 bits per heavy atom. The molecule has 1 aliphatic heterocycles. The Balaban J connectivity index is 1.53. The molecule has 0 spiro atoms. The first-order valence-corrected chi connectivity index (χ1v) is 9.68. The molecule has 6 nitrogen and oxygen atoms in total. The molecule has 1 atom stereocenters. The maximum absolute atomic E-state index is 13.0. The third-order valence-electron chi connectivity index (χ3n) is 5.26. The lowest BCUT2D eigenvalue weighted by molar-refractivity contribution is -0.117. The number of anilines is 1. The monoisotopic (exact) mass is 390 g/mol. The van der Waals surface area contributed by atoms with Gasteiger partial charge in [0.1, 0.15) is 0 Å². The summed E-state index contributed by atoms with van der Waals surface area (Å²) in [5.74, 6) is -0.787. The Morgan fingerprint density at radius 3 is 2.69 bits per heavy atom. The van der Waals surface area contributed by atoms with Crippen molar-refractivity contribution in [2.75, 3.05) is 11.4 Å². The second kappa shape index (κ2) is 7.54. The number of rotatable bonds is 5. The molecule has 1 saturated heterocycles. The maximum atomic E-state index is 13.0. The Labute approximate surface area is 168 Å². The van der Waals surface area contributed by atoms with Crippen molar-refractivity contribution in [3.8, 4) is 0 Å². The molecule has 0 aliphatic carbocycles. The summed E-state index contributed by atoms with van der Waals surface area (Å²) in [6.07, 6.45) is 0.394. The number of carbonyl (C=O) groups is 3. The average molecular weight is 390 g/mol. The van der Waals surface area contributed by atoms with E-state index in [4.69, 9.17) is 4.74 Å². The molecule has 0 radical (unpaired) electrons. The molecule has 3 aromatic rings. The van der Waals surface area contributed by atoms with Crippen LogP contribution in [0.1, 0.15) is 46.2 Å². The van der Waals surface area contributed by atoms with E-state index in [0.717, 1.165) is 23.0 Å². The summed E-state index contributed by atoms with van der Waals surface area (Å²) in [7, 11) is 0. The predicted octanol–water partition coefficient (Wildman–Crippen LogP) is 4.03. The lowest BCUT2D eigenvalue weighted by Crippen LogP contribution is -2.26. The number of aryl methyl sites for hydroxylation is 1. The van der Waals surface area contributed by atoms with Gasteiger partial charge in [0.25, 0.3) is 0 Å². The number of H-pyrrole nitrogens is 1. The number of carbonyl (C=O) groups excluding carboxylic acids is 3. The number of nitrogens with zero attached hydrogens (tertiary/aromatic N) is 1. The van der Waals surface area contributed by atoms with Crippen LogP contribution in [0, 0.1) is 6.92 Å². The number of fused-ring (bicyclic) bond motifs is 1. The van der Waals surface area contributed by atoms with Crippen LogP contribution in [0.3, 0.4) is 0 Å². The Bertz CT molecular complexity index is 1120. The summed E-state index contributed by atoms with van der Waals surface area (Å²) in [5.41, 5.74) is 3.15. The number of ether oxygens (including phenoxy) is 1. The first-order chi connectivity index (χ1) is 14.0. The SMILES string of the molecule is Cc1[nH]c2ccccc2c1C(=O)C(C)OC(=O)c1cccc(N2CCCC2=O)c1. The van der Waals surface area contributed by atoms with E-state index in [-0.39, 0.29) is 11.7 Å².